The molecule has 0 aliphatic heterocycles. The average Bonchev–Trinajstić information content (AvgIpc) is 2.40. The van der Waals surface area contributed by atoms with Gasteiger partial charge in [-0.1, -0.05) is 13.8 Å². The minimum absolute atomic E-state index is 0.369. The van der Waals surface area contributed by atoms with Gasteiger partial charge in [-0.15, -0.1) is 0 Å². The van der Waals surface area contributed by atoms with Gasteiger partial charge in [0.1, 0.15) is 5.82 Å². The lowest BCUT2D eigenvalue weighted by Gasteiger charge is -2.39. The molecule has 1 rings (SSSR count). The summed E-state index contributed by atoms with van der Waals surface area (Å²) in [7, 11) is 0. The van der Waals surface area contributed by atoms with Crippen LogP contribution in [0.15, 0.2) is 18.5 Å². The number of pyridine rings is 1. The third-order valence-electron chi connectivity index (χ3n) is 3.44. The second kappa shape index (κ2) is 6.78. The molecule has 3 N–H and O–H groups in total. The van der Waals surface area contributed by atoms with Gasteiger partial charge >= 0.3 is 0 Å². The first-order valence-corrected chi connectivity index (χ1v) is 6.34. The van der Waals surface area contributed by atoms with Crippen molar-refractivity contribution >= 4 is 0 Å². The molecular weight excluding hydrogens is 233 g/mol. The van der Waals surface area contributed by atoms with Crippen molar-refractivity contribution in [3.63, 3.8) is 0 Å². The van der Waals surface area contributed by atoms with Crippen molar-refractivity contribution in [1.82, 2.24) is 10.4 Å². The minimum Gasteiger partial charge on any atom is -0.373 e. The van der Waals surface area contributed by atoms with E-state index in [0.29, 0.717) is 12.2 Å². The van der Waals surface area contributed by atoms with E-state index in [2.05, 4.69) is 10.4 Å². The second-order valence-corrected chi connectivity index (χ2v) is 4.20. The molecule has 0 aromatic carbocycles. The molecule has 1 atom stereocenters. The van der Waals surface area contributed by atoms with Gasteiger partial charge in [0, 0.05) is 18.4 Å². The highest BCUT2D eigenvalue weighted by Crippen LogP contribution is 2.35. The van der Waals surface area contributed by atoms with Crippen LogP contribution in [0.1, 0.15) is 45.2 Å². The predicted molar refractivity (Wildman–Crippen MR) is 69.2 cm³/mol. The molecule has 0 amide bonds. The van der Waals surface area contributed by atoms with Crippen LogP contribution < -0.4 is 11.3 Å². The first kappa shape index (κ1) is 15.0. The van der Waals surface area contributed by atoms with Crippen molar-refractivity contribution in [2.75, 3.05) is 6.61 Å². The number of rotatable bonds is 7. The Kier molecular flexibility index (Phi) is 5.65. The van der Waals surface area contributed by atoms with E-state index in [-0.39, 0.29) is 5.82 Å². The zero-order valence-electron chi connectivity index (χ0n) is 11.2. The third kappa shape index (κ3) is 2.85. The van der Waals surface area contributed by atoms with E-state index < -0.39 is 11.6 Å². The van der Waals surface area contributed by atoms with E-state index in [1.54, 1.807) is 12.3 Å². The number of ether oxygens (including phenoxy) is 1. The summed E-state index contributed by atoms with van der Waals surface area (Å²) in [4.78, 5) is 3.76. The van der Waals surface area contributed by atoms with E-state index in [1.807, 2.05) is 20.8 Å². The van der Waals surface area contributed by atoms with Crippen LogP contribution in [-0.4, -0.2) is 17.2 Å². The Morgan fingerprint density at radius 1 is 1.44 bits per heavy atom. The maximum absolute atomic E-state index is 13.9. The van der Waals surface area contributed by atoms with Gasteiger partial charge in [0.15, 0.2) is 0 Å². The Balaban J connectivity index is 3.17. The first-order valence-electron chi connectivity index (χ1n) is 6.34. The van der Waals surface area contributed by atoms with Crippen LogP contribution in [0, 0.1) is 5.82 Å². The standard InChI is InChI=1S/C13H22FN3O/c1-4-13(5-2,18-6-3)12(17-15)10-7-8-16-9-11(10)14/h7-9,12,17H,4-6,15H2,1-3H3. The van der Waals surface area contributed by atoms with E-state index in [1.165, 1.54) is 6.20 Å². The van der Waals surface area contributed by atoms with Crippen LogP contribution in [0.4, 0.5) is 4.39 Å². The number of nitrogens with zero attached hydrogens (tertiary/aromatic N) is 1. The number of nitrogens with one attached hydrogen (secondary N) is 1. The zero-order valence-corrected chi connectivity index (χ0v) is 11.2. The van der Waals surface area contributed by atoms with Crippen LogP contribution in [-0.2, 0) is 4.74 Å². The summed E-state index contributed by atoms with van der Waals surface area (Å²) >= 11 is 0. The first-order chi connectivity index (χ1) is 8.65. The van der Waals surface area contributed by atoms with Gasteiger partial charge in [0.05, 0.1) is 17.8 Å². The Labute approximate surface area is 108 Å². The Hall–Kier alpha value is -1.04. The average molecular weight is 255 g/mol. The fourth-order valence-corrected chi connectivity index (χ4v) is 2.38. The maximum Gasteiger partial charge on any atom is 0.146 e. The minimum atomic E-state index is -0.508. The lowest BCUT2D eigenvalue weighted by Crippen LogP contribution is -2.48. The van der Waals surface area contributed by atoms with Crippen molar-refractivity contribution in [2.24, 2.45) is 5.84 Å². The summed E-state index contributed by atoms with van der Waals surface area (Å²) in [5, 5.41) is 0. The number of hydrogen-bond acceptors (Lipinski definition) is 4. The highest BCUT2D eigenvalue weighted by Gasteiger charge is 2.38. The summed E-state index contributed by atoms with van der Waals surface area (Å²) in [5.74, 6) is 5.26. The molecule has 0 saturated heterocycles. The Bertz CT molecular complexity index is 369. The lowest BCUT2D eigenvalue weighted by atomic mass is 9.84. The summed E-state index contributed by atoms with van der Waals surface area (Å²) in [6.45, 7) is 6.52. The molecule has 0 spiro atoms. The van der Waals surface area contributed by atoms with Crippen molar-refractivity contribution in [1.29, 1.82) is 0 Å². The highest BCUT2D eigenvalue weighted by molar-refractivity contribution is 5.21. The maximum atomic E-state index is 13.9. The molecule has 0 fully saturated rings. The molecule has 0 aliphatic carbocycles. The fraction of sp³-hybridized carbons (Fsp3) is 0.615. The molecule has 1 unspecified atom stereocenters. The number of hydrazine groups is 1. The van der Waals surface area contributed by atoms with Crippen LogP contribution in [0.3, 0.4) is 0 Å². The van der Waals surface area contributed by atoms with Crippen molar-refractivity contribution < 1.29 is 9.13 Å². The molecular formula is C13H22FN3O. The molecule has 0 bridgehead atoms. The lowest BCUT2D eigenvalue weighted by molar-refractivity contribution is -0.0741. The van der Waals surface area contributed by atoms with Gasteiger partial charge in [0.2, 0.25) is 0 Å². The zero-order chi connectivity index (χ0) is 13.6. The summed E-state index contributed by atoms with van der Waals surface area (Å²) in [6, 6.07) is 1.24. The largest absolute Gasteiger partial charge is 0.373 e. The fourth-order valence-electron chi connectivity index (χ4n) is 2.38. The van der Waals surface area contributed by atoms with E-state index in [4.69, 9.17) is 10.6 Å². The van der Waals surface area contributed by atoms with Gasteiger partial charge in [-0.2, -0.15) is 0 Å². The van der Waals surface area contributed by atoms with Gasteiger partial charge in [-0.05, 0) is 25.8 Å². The molecule has 0 radical (unpaired) electrons. The third-order valence-corrected chi connectivity index (χ3v) is 3.44. The second-order valence-electron chi connectivity index (χ2n) is 4.20. The number of hydrogen-bond donors (Lipinski definition) is 2. The van der Waals surface area contributed by atoms with Gasteiger partial charge in [-0.25, -0.2) is 9.82 Å². The summed E-state index contributed by atoms with van der Waals surface area (Å²) < 4.78 is 19.7. The molecule has 5 heteroatoms. The Morgan fingerprint density at radius 3 is 2.56 bits per heavy atom. The number of halogens is 1. The highest BCUT2D eigenvalue weighted by atomic mass is 19.1. The van der Waals surface area contributed by atoms with Gasteiger partial charge < -0.3 is 4.74 Å². The normalized spacial score (nSPS) is 13.6. The summed E-state index contributed by atoms with van der Waals surface area (Å²) in [5.41, 5.74) is 2.68. The van der Waals surface area contributed by atoms with Crippen molar-refractivity contribution in [3.05, 3.63) is 29.8 Å². The van der Waals surface area contributed by atoms with Crippen LogP contribution in [0.5, 0.6) is 0 Å². The molecule has 0 saturated carbocycles. The predicted octanol–water partition coefficient (Wildman–Crippen LogP) is 2.32. The van der Waals surface area contributed by atoms with Crippen molar-refractivity contribution in [2.45, 2.75) is 45.3 Å². The van der Waals surface area contributed by atoms with Gasteiger partial charge in [0.25, 0.3) is 0 Å². The molecule has 102 valence electrons. The van der Waals surface area contributed by atoms with Crippen LogP contribution >= 0.6 is 0 Å². The number of nitrogens with two attached hydrogens (primary N) is 1. The molecule has 4 nitrogen and oxygen atoms in total. The SMILES string of the molecule is CCOC(CC)(CC)C(NN)c1ccncc1F. The summed E-state index contributed by atoms with van der Waals surface area (Å²) in [6.07, 6.45) is 4.24. The van der Waals surface area contributed by atoms with Gasteiger partial charge in [-0.3, -0.25) is 10.8 Å². The molecule has 0 aliphatic rings. The van der Waals surface area contributed by atoms with E-state index in [0.717, 1.165) is 12.8 Å². The van der Waals surface area contributed by atoms with Crippen molar-refractivity contribution in [3.8, 4) is 0 Å². The quantitative estimate of drug-likeness (QED) is 0.580. The molecule has 1 aromatic heterocycles. The smallest absolute Gasteiger partial charge is 0.146 e. The van der Waals surface area contributed by atoms with Crippen LogP contribution in [0.25, 0.3) is 0 Å². The van der Waals surface area contributed by atoms with E-state index in [9.17, 15) is 4.39 Å². The topological polar surface area (TPSA) is 60.2 Å². The van der Waals surface area contributed by atoms with E-state index >= 15 is 0 Å². The molecule has 1 heterocycles. The number of aromatic nitrogens is 1. The monoisotopic (exact) mass is 255 g/mol. The van der Waals surface area contributed by atoms with Crippen LogP contribution in [0.2, 0.25) is 0 Å². The Morgan fingerprint density at radius 2 is 2.11 bits per heavy atom. The molecule has 1 aromatic rings. The molecule has 18 heavy (non-hydrogen) atoms.